The van der Waals surface area contributed by atoms with Crippen LogP contribution in [0.15, 0.2) is 24.3 Å². The van der Waals surface area contributed by atoms with Crippen LogP contribution in [0.5, 0.6) is 5.75 Å². The molecule has 0 atom stereocenters. The molecule has 122 valence electrons. The highest BCUT2D eigenvalue weighted by molar-refractivity contribution is 5.75. The fourth-order valence-electron chi connectivity index (χ4n) is 2.62. The van der Waals surface area contributed by atoms with E-state index in [0.717, 1.165) is 13.0 Å². The second kappa shape index (κ2) is 9.41. The summed E-state index contributed by atoms with van der Waals surface area (Å²) < 4.78 is 18.6. The number of carbonyl (C=O) groups is 1. The summed E-state index contributed by atoms with van der Waals surface area (Å²) in [5, 5.41) is 2.88. The fourth-order valence-corrected chi connectivity index (χ4v) is 2.62. The van der Waals surface area contributed by atoms with Crippen molar-refractivity contribution in [2.24, 2.45) is 0 Å². The molecule has 0 saturated carbocycles. The first-order chi connectivity index (χ1) is 10.8. The molecular formula is C17H25FN2O2. The largest absolute Gasteiger partial charge is 0.490 e. The summed E-state index contributed by atoms with van der Waals surface area (Å²) in [6.45, 7) is 4.30. The van der Waals surface area contributed by atoms with Gasteiger partial charge in [-0.05, 0) is 51.0 Å². The van der Waals surface area contributed by atoms with Gasteiger partial charge < -0.3 is 15.0 Å². The van der Waals surface area contributed by atoms with Crippen LogP contribution in [0.3, 0.4) is 0 Å². The quantitative estimate of drug-likeness (QED) is 0.751. The van der Waals surface area contributed by atoms with Crippen molar-refractivity contribution >= 4 is 5.91 Å². The Morgan fingerprint density at radius 1 is 1.23 bits per heavy atom. The number of para-hydroxylation sites is 1. The average Bonchev–Trinajstić information content (AvgIpc) is 2.54. The van der Waals surface area contributed by atoms with Gasteiger partial charge in [-0.1, -0.05) is 18.6 Å². The zero-order valence-electron chi connectivity index (χ0n) is 13.0. The molecule has 1 aromatic carbocycles. The monoisotopic (exact) mass is 308 g/mol. The molecular weight excluding hydrogens is 283 g/mol. The van der Waals surface area contributed by atoms with Gasteiger partial charge in [0.25, 0.3) is 0 Å². The molecule has 1 aromatic rings. The molecule has 0 aliphatic carbocycles. The summed E-state index contributed by atoms with van der Waals surface area (Å²) in [5.41, 5.74) is 0. The van der Waals surface area contributed by atoms with E-state index in [1.54, 1.807) is 18.2 Å². The molecule has 1 aliphatic rings. The first-order valence-electron chi connectivity index (χ1n) is 8.12. The second-order valence-electron chi connectivity index (χ2n) is 5.63. The lowest BCUT2D eigenvalue weighted by Gasteiger charge is -2.26. The van der Waals surface area contributed by atoms with E-state index < -0.39 is 5.82 Å². The fraction of sp³-hybridized carbons (Fsp3) is 0.588. The Hall–Kier alpha value is -1.62. The topological polar surface area (TPSA) is 41.6 Å². The Morgan fingerprint density at radius 3 is 2.77 bits per heavy atom. The lowest BCUT2D eigenvalue weighted by atomic mass is 10.1. The van der Waals surface area contributed by atoms with Crippen molar-refractivity contribution in [2.75, 3.05) is 32.8 Å². The maximum atomic E-state index is 13.3. The molecule has 1 N–H and O–H groups in total. The minimum absolute atomic E-state index is 0.0463. The maximum absolute atomic E-state index is 13.3. The van der Waals surface area contributed by atoms with Crippen LogP contribution >= 0.6 is 0 Å². The molecule has 1 aliphatic heterocycles. The molecule has 1 heterocycles. The normalized spacial score (nSPS) is 15.5. The van der Waals surface area contributed by atoms with Crippen molar-refractivity contribution in [1.29, 1.82) is 0 Å². The second-order valence-corrected chi connectivity index (χ2v) is 5.63. The van der Waals surface area contributed by atoms with Gasteiger partial charge in [-0.2, -0.15) is 0 Å². The van der Waals surface area contributed by atoms with Crippen molar-refractivity contribution in [1.82, 2.24) is 10.2 Å². The van der Waals surface area contributed by atoms with Crippen LogP contribution in [-0.4, -0.2) is 43.6 Å². The van der Waals surface area contributed by atoms with Gasteiger partial charge in [0, 0.05) is 6.54 Å². The van der Waals surface area contributed by atoms with Gasteiger partial charge in [0.2, 0.25) is 5.91 Å². The number of rotatable bonds is 8. The van der Waals surface area contributed by atoms with E-state index in [2.05, 4.69) is 10.2 Å². The summed E-state index contributed by atoms with van der Waals surface area (Å²) in [5.74, 6) is -0.250. The lowest BCUT2D eigenvalue weighted by molar-refractivity contribution is -0.121. The zero-order chi connectivity index (χ0) is 15.6. The first-order valence-corrected chi connectivity index (χ1v) is 8.12. The van der Waals surface area contributed by atoms with E-state index in [0.29, 0.717) is 6.54 Å². The Balaban J connectivity index is 1.51. The first kappa shape index (κ1) is 16.7. The third-order valence-corrected chi connectivity index (χ3v) is 3.85. The van der Waals surface area contributed by atoms with Crippen molar-refractivity contribution < 1.29 is 13.9 Å². The highest BCUT2D eigenvalue weighted by Gasteiger charge is 2.09. The number of amides is 1. The van der Waals surface area contributed by atoms with Crippen LogP contribution in [0.1, 0.15) is 32.1 Å². The SMILES string of the molecule is O=C(CCOc1ccccc1F)NCCCN1CCCCC1. The van der Waals surface area contributed by atoms with Crippen molar-refractivity contribution in [3.63, 3.8) is 0 Å². The van der Waals surface area contributed by atoms with Gasteiger partial charge in [0.1, 0.15) is 0 Å². The van der Waals surface area contributed by atoms with Crippen molar-refractivity contribution in [3.8, 4) is 5.75 Å². The number of nitrogens with zero attached hydrogens (tertiary/aromatic N) is 1. The van der Waals surface area contributed by atoms with E-state index in [9.17, 15) is 9.18 Å². The third-order valence-electron chi connectivity index (χ3n) is 3.85. The number of piperidine rings is 1. The standard InChI is InChI=1S/C17H25FN2O2/c18-15-7-2-3-8-16(15)22-14-9-17(21)19-10-6-13-20-11-4-1-5-12-20/h2-3,7-8H,1,4-6,9-14H2,(H,19,21). The molecule has 1 amide bonds. The molecule has 2 rings (SSSR count). The number of hydrogen-bond acceptors (Lipinski definition) is 3. The average molecular weight is 308 g/mol. The Morgan fingerprint density at radius 2 is 2.00 bits per heavy atom. The van der Waals surface area contributed by atoms with E-state index in [-0.39, 0.29) is 24.7 Å². The van der Waals surface area contributed by atoms with E-state index in [4.69, 9.17) is 4.74 Å². The highest BCUT2D eigenvalue weighted by Crippen LogP contribution is 2.15. The smallest absolute Gasteiger partial charge is 0.223 e. The van der Waals surface area contributed by atoms with Crippen molar-refractivity contribution in [3.05, 3.63) is 30.1 Å². The number of likely N-dealkylation sites (tertiary alicyclic amines) is 1. The van der Waals surface area contributed by atoms with E-state index >= 15 is 0 Å². The Kier molecular flexibility index (Phi) is 7.16. The van der Waals surface area contributed by atoms with Crippen LogP contribution in [-0.2, 0) is 4.79 Å². The molecule has 0 aromatic heterocycles. The number of carbonyl (C=O) groups excluding carboxylic acids is 1. The molecule has 1 fully saturated rings. The van der Waals surface area contributed by atoms with Crippen LogP contribution in [0, 0.1) is 5.82 Å². The van der Waals surface area contributed by atoms with Crippen LogP contribution in [0.25, 0.3) is 0 Å². The van der Waals surface area contributed by atoms with Gasteiger partial charge in [0.15, 0.2) is 11.6 Å². The predicted octanol–water partition coefficient (Wildman–Crippen LogP) is 2.59. The number of ether oxygens (including phenoxy) is 1. The lowest BCUT2D eigenvalue weighted by Crippen LogP contribution is -2.33. The molecule has 5 heteroatoms. The number of nitrogens with one attached hydrogen (secondary N) is 1. The summed E-state index contributed by atoms with van der Waals surface area (Å²) in [6, 6.07) is 6.22. The number of hydrogen-bond donors (Lipinski definition) is 1. The summed E-state index contributed by atoms with van der Waals surface area (Å²) in [7, 11) is 0. The molecule has 0 radical (unpaired) electrons. The summed E-state index contributed by atoms with van der Waals surface area (Å²) in [4.78, 5) is 14.1. The van der Waals surface area contributed by atoms with Crippen molar-refractivity contribution in [2.45, 2.75) is 32.1 Å². The van der Waals surface area contributed by atoms with E-state index in [1.165, 1.54) is 38.4 Å². The summed E-state index contributed by atoms with van der Waals surface area (Å²) in [6.07, 6.45) is 5.15. The molecule has 0 spiro atoms. The van der Waals surface area contributed by atoms with Gasteiger partial charge >= 0.3 is 0 Å². The molecule has 0 unspecified atom stereocenters. The van der Waals surface area contributed by atoms with Crippen LogP contribution < -0.4 is 10.1 Å². The molecule has 4 nitrogen and oxygen atoms in total. The molecule has 1 saturated heterocycles. The van der Waals surface area contributed by atoms with E-state index in [1.807, 2.05) is 0 Å². The third kappa shape index (κ3) is 6.02. The van der Waals surface area contributed by atoms with Gasteiger partial charge in [-0.25, -0.2) is 4.39 Å². The predicted molar refractivity (Wildman–Crippen MR) is 84.4 cm³/mol. The highest BCUT2D eigenvalue weighted by atomic mass is 19.1. The Bertz CT molecular complexity index is 462. The van der Waals surface area contributed by atoms with Gasteiger partial charge in [0.05, 0.1) is 13.0 Å². The minimum Gasteiger partial charge on any atom is -0.490 e. The zero-order valence-corrected chi connectivity index (χ0v) is 13.0. The number of halogens is 1. The van der Waals surface area contributed by atoms with Gasteiger partial charge in [-0.3, -0.25) is 4.79 Å². The van der Waals surface area contributed by atoms with Crippen LogP contribution in [0.4, 0.5) is 4.39 Å². The van der Waals surface area contributed by atoms with Crippen LogP contribution in [0.2, 0.25) is 0 Å². The minimum atomic E-state index is -0.399. The number of benzene rings is 1. The Labute approximate surface area is 131 Å². The van der Waals surface area contributed by atoms with Gasteiger partial charge in [-0.15, -0.1) is 0 Å². The molecule has 0 bridgehead atoms. The molecule has 22 heavy (non-hydrogen) atoms. The summed E-state index contributed by atoms with van der Waals surface area (Å²) >= 11 is 0. The maximum Gasteiger partial charge on any atom is 0.223 e.